The summed E-state index contributed by atoms with van der Waals surface area (Å²) in [6, 6.07) is 5.02. The van der Waals surface area contributed by atoms with Gasteiger partial charge in [0.1, 0.15) is 17.2 Å². The average Bonchev–Trinajstić information content (AvgIpc) is 3.03. The van der Waals surface area contributed by atoms with Crippen molar-refractivity contribution in [2.24, 2.45) is 0 Å². The van der Waals surface area contributed by atoms with Gasteiger partial charge in [0.2, 0.25) is 5.91 Å². The summed E-state index contributed by atoms with van der Waals surface area (Å²) in [6.45, 7) is 3.89. The highest BCUT2D eigenvalue weighted by atomic mass is 19.4. The molecule has 2 aliphatic rings. The molecule has 4 rings (SSSR count). The SMILES string of the molecule is C=C1N(C)C(=O)C2(CCN(C(=O)CNC(=O)c3cc(C(F)(F)F)ccc3F)CC2)N1c1ccncc1. The van der Waals surface area contributed by atoms with Gasteiger partial charge in [0.15, 0.2) is 0 Å². The second-order valence-electron chi connectivity index (χ2n) is 8.61. The lowest BCUT2D eigenvalue weighted by Gasteiger charge is -2.43. The predicted octanol–water partition coefficient (Wildman–Crippen LogP) is 2.78. The Balaban J connectivity index is 1.42. The molecule has 2 fully saturated rings. The van der Waals surface area contributed by atoms with E-state index in [-0.39, 0.29) is 19.0 Å². The quantitative estimate of drug-likeness (QED) is 0.646. The van der Waals surface area contributed by atoms with Gasteiger partial charge in [-0.1, -0.05) is 6.58 Å². The second-order valence-corrected chi connectivity index (χ2v) is 8.61. The molecule has 1 N–H and O–H groups in total. The third kappa shape index (κ3) is 4.38. The number of likely N-dealkylation sites (tertiary alicyclic amines) is 1. The first-order chi connectivity index (χ1) is 17.0. The average molecular weight is 505 g/mol. The van der Waals surface area contributed by atoms with Gasteiger partial charge in [-0.2, -0.15) is 13.2 Å². The number of carbonyl (C=O) groups is 3. The molecule has 0 radical (unpaired) electrons. The van der Waals surface area contributed by atoms with Crippen LogP contribution in [0.1, 0.15) is 28.8 Å². The van der Waals surface area contributed by atoms with Crippen LogP contribution < -0.4 is 10.2 Å². The van der Waals surface area contributed by atoms with Crippen molar-refractivity contribution in [1.82, 2.24) is 20.1 Å². The van der Waals surface area contributed by atoms with Gasteiger partial charge in [-0.25, -0.2) is 4.39 Å². The summed E-state index contributed by atoms with van der Waals surface area (Å²) in [4.78, 5) is 47.0. The number of alkyl halides is 3. The van der Waals surface area contributed by atoms with Crippen LogP contribution in [0.5, 0.6) is 0 Å². The molecule has 0 saturated carbocycles. The van der Waals surface area contributed by atoms with Crippen LogP contribution in [0.4, 0.5) is 23.2 Å². The molecule has 2 aliphatic heterocycles. The number of anilines is 1. The Kier molecular flexibility index (Phi) is 6.46. The first-order valence-corrected chi connectivity index (χ1v) is 11.1. The van der Waals surface area contributed by atoms with E-state index in [9.17, 15) is 31.9 Å². The number of carbonyl (C=O) groups excluding carboxylic acids is 3. The van der Waals surface area contributed by atoms with Gasteiger partial charge < -0.3 is 15.1 Å². The molecule has 12 heteroatoms. The number of nitrogens with zero attached hydrogens (tertiary/aromatic N) is 4. The van der Waals surface area contributed by atoms with E-state index in [1.165, 1.54) is 9.80 Å². The summed E-state index contributed by atoms with van der Waals surface area (Å²) in [6.07, 6.45) is -0.955. The first-order valence-electron chi connectivity index (χ1n) is 11.1. The molecule has 1 aromatic heterocycles. The molecule has 2 saturated heterocycles. The number of hydrogen-bond acceptors (Lipinski definition) is 5. The third-order valence-corrected chi connectivity index (χ3v) is 6.58. The van der Waals surface area contributed by atoms with Crippen molar-refractivity contribution in [3.8, 4) is 0 Å². The minimum atomic E-state index is -4.75. The van der Waals surface area contributed by atoms with Crippen LogP contribution in [0.25, 0.3) is 0 Å². The van der Waals surface area contributed by atoms with Crippen molar-refractivity contribution in [1.29, 1.82) is 0 Å². The lowest BCUT2D eigenvalue weighted by Crippen LogP contribution is -2.57. The first kappa shape index (κ1) is 25.1. The highest BCUT2D eigenvalue weighted by Crippen LogP contribution is 2.43. The Bertz CT molecular complexity index is 1210. The number of hydrogen-bond donors (Lipinski definition) is 1. The second kappa shape index (κ2) is 9.25. The normalized spacial score (nSPS) is 17.6. The lowest BCUT2D eigenvalue weighted by molar-refractivity contribution is -0.137. The Labute approximate surface area is 204 Å². The number of rotatable bonds is 4. The summed E-state index contributed by atoms with van der Waals surface area (Å²) in [5.74, 6) is -2.41. The number of halogens is 4. The molecule has 0 aliphatic carbocycles. The Morgan fingerprint density at radius 1 is 1.14 bits per heavy atom. The largest absolute Gasteiger partial charge is 0.416 e. The van der Waals surface area contributed by atoms with Crippen LogP contribution in [0.3, 0.4) is 0 Å². The van der Waals surface area contributed by atoms with Gasteiger partial charge >= 0.3 is 6.18 Å². The molecular formula is C24H23F4N5O3. The number of piperidine rings is 1. The fourth-order valence-electron chi connectivity index (χ4n) is 4.61. The van der Waals surface area contributed by atoms with Crippen molar-refractivity contribution >= 4 is 23.4 Å². The zero-order valence-corrected chi connectivity index (χ0v) is 19.3. The van der Waals surface area contributed by atoms with E-state index in [0.717, 1.165) is 5.69 Å². The van der Waals surface area contributed by atoms with Gasteiger partial charge in [-0.3, -0.25) is 24.3 Å². The van der Waals surface area contributed by atoms with E-state index in [2.05, 4.69) is 16.9 Å². The molecule has 2 aromatic rings. The number of amides is 3. The van der Waals surface area contributed by atoms with Crippen LogP contribution in [-0.2, 0) is 15.8 Å². The van der Waals surface area contributed by atoms with E-state index in [1.807, 2.05) is 4.90 Å². The maximum absolute atomic E-state index is 14.0. The van der Waals surface area contributed by atoms with Gasteiger partial charge in [0.25, 0.3) is 11.8 Å². The molecule has 0 bridgehead atoms. The Morgan fingerprint density at radius 2 is 1.78 bits per heavy atom. The molecule has 8 nitrogen and oxygen atoms in total. The zero-order valence-electron chi connectivity index (χ0n) is 19.3. The van der Waals surface area contributed by atoms with Crippen molar-refractivity contribution in [3.05, 3.63) is 72.1 Å². The molecule has 190 valence electrons. The standard InChI is InChI=1S/C24H23F4N5O3/c1-15-31(2)22(36)23(33(15)17-5-9-29-10-6-17)7-11-32(12-8-23)20(34)14-30-21(35)18-13-16(24(26,27)28)3-4-19(18)25/h3-6,9-10,13H,1,7-8,11-12,14H2,2H3,(H,30,35). The highest BCUT2D eigenvalue weighted by molar-refractivity contribution is 5.98. The number of pyridine rings is 1. The number of aromatic nitrogens is 1. The number of likely N-dealkylation sites (N-methyl/N-ethyl adjacent to an activating group) is 1. The van der Waals surface area contributed by atoms with Crippen LogP contribution in [-0.4, -0.2) is 64.7 Å². The summed E-state index contributed by atoms with van der Waals surface area (Å²) in [5, 5.41) is 2.19. The Morgan fingerprint density at radius 3 is 2.39 bits per heavy atom. The molecule has 0 atom stereocenters. The smallest absolute Gasteiger partial charge is 0.343 e. The van der Waals surface area contributed by atoms with Crippen LogP contribution in [0.15, 0.2) is 55.1 Å². The molecule has 3 amide bonds. The minimum absolute atomic E-state index is 0.148. The molecule has 1 spiro atoms. The summed E-state index contributed by atoms with van der Waals surface area (Å²) in [7, 11) is 1.63. The topological polar surface area (TPSA) is 85.8 Å². The lowest BCUT2D eigenvalue weighted by atomic mass is 9.85. The van der Waals surface area contributed by atoms with E-state index < -0.39 is 47.0 Å². The maximum Gasteiger partial charge on any atom is 0.416 e. The van der Waals surface area contributed by atoms with E-state index in [4.69, 9.17) is 0 Å². The molecular weight excluding hydrogens is 482 g/mol. The number of benzene rings is 1. The van der Waals surface area contributed by atoms with Gasteiger partial charge in [0.05, 0.1) is 17.7 Å². The predicted molar refractivity (Wildman–Crippen MR) is 121 cm³/mol. The third-order valence-electron chi connectivity index (χ3n) is 6.58. The van der Waals surface area contributed by atoms with Crippen LogP contribution in [0.2, 0.25) is 0 Å². The van der Waals surface area contributed by atoms with Crippen LogP contribution in [0, 0.1) is 5.82 Å². The molecule has 36 heavy (non-hydrogen) atoms. The molecule has 3 heterocycles. The summed E-state index contributed by atoms with van der Waals surface area (Å²) >= 11 is 0. The summed E-state index contributed by atoms with van der Waals surface area (Å²) < 4.78 is 52.7. The van der Waals surface area contributed by atoms with Gasteiger partial charge in [0, 0.05) is 38.2 Å². The minimum Gasteiger partial charge on any atom is -0.343 e. The van der Waals surface area contributed by atoms with Gasteiger partial charge in [-0.15, -0.1) is 0 Å². The van der Waals surface area contributed by atoms with E-state index >= 15 is 0 Å². The van der Waals surface area contributed by atoms with Gasteiger partial charge in [-0.05, 0) is 43.2 Å². The number of nitrogens with one attached hydrogen (secondary N) is 1. The fourth-order valence-corrected chi connectivity index (χ4v) is 4.61. The zero-order chi connectivity index (χ0) is 26.3. The van der Waals surface area contributed by atoms with Crippen molar-refractivity contribution < 1.29 is 31.9 Å². The molecule has 0 unspecified atom stereocenters. The maximum atomic E-state index is 14.0. The van der Waals surface area contributed by atoms with Crippen molar-refractivity contribution in [3.63, 3.8) is 0 Å². The monoisotopic (exact) mass is 505 g/mol. The summed E-state index contributed by atoms with van der Waals surface area (Å²) in [5.41, 5.74) is -2.17. The van der Waals surface area contributed by atoms with E-state index in [0.29, 0.717) is 36.9 Å². The Hall–Kier alpha value is -3.96. The fraction of sp³-hybridized carbons (Fsp3) is 0.333. The van der Waals surface area contributed by atoms with E-state index in [1.54, 1.807) is 31.6 Å². The van der Waals surface area contributed by atoms with Crippen molar-refractivity contribution in [2.75, 3.05) is 31.6 Å². The van der Waals surface area contributed by atoms with Crippen LogP contribution >= 0.6 is 0 Å². The highest BCUT2D eigenvalue weighted by Gasteiger charge is 2.55. The van der Waals surface area contributed by atoms with Crippen molar-refractivity contribution in [2.45, 2.75) is 24.6 Å². The molecule has 1 aromatic carbocycles.